The molecule has 5 nitrogen and oxygen atoms in total. The number of epoxide rings is 1. The molecule has 0 aromatic carbocycles. The summed E-state index contributed by atoms with van der Waals surface area (Å²) in [5.41, 5.74) is 0. The van der Waals surface area contributed by atoms with Gasteiger partial charge in [0.25, 0.3) is 0 Å². The molecule has 2 atom stereocenters. The van der Waals surface area contributed by atoms with Gasteiger partial charge in [-0.15, -0.1) is 0 Å². The van der Waals surface area contributed by atoms with E-state index < -0.39 is 10.4 Å². The second-order valence-corrected chi connectivity index (χ2v) is 5.64. The molecule has 102 valence electrons. The van der Waals surface area contributed by atoms with Crippen molar-refractivity contribution in [3.05, 3.63) is 0 Å². The molecule has 6 heteroatoms. The normalized spacial score (nSPS) is 21.4. The zero-order valence-corrected chi connectivity index (χ0v) is 11.4. The highest BCUT2D eigenvalue weighted by Crippen LogP contribution is 2.15. The minimum atomic E-state index is -3.85. The van der Waals surface area contributed by atoms with Crippen LogP contribution in [-0.2, 0) is 23.5 Å². The Labute approximate surface area is 104 Å². The molecule has 0 saturated carbocycles. The van der Waals surface area contributed by atoms with Crippen LogP contribution < -0.4 is 0 Å². The van der Waals surface area contributed by atoms with E-state index in [1.54, 1.807) is 0 Å². The number of rotatable bonds is 10. The number of hydrogen-bond donors (Lipinski definition) is 0. The molecule has 1 aliphatic heterocycles. The summed E-state index contributed by atoms with van der Waals surface area (Å²) in [6.07, 6.45) is 4.04. The fourth-order valence-electron chi connectivity index (χ4n) is 1.44. The summed E-state index contributed by atoms with van der Waals surface area (Å²) in [7, 11) is -3.85. The van der Waals surface area contributed by atoms with Crippen LogP contribution in [0.3, 0.4) is 0 Å². The maximum atomic E-state index is 11.4. The van der Waals surface area contributed by atoms with Gasteiger partial charge in [-0.1, -0.05) is 33.1 Å². The SMILES string of the molecule is CCCCC(CC)COS(=O)(=O)OCC1CO1. The molecule has 1 rings (SSSR count). The van der Waals surface area contributed by atoms with E-state index in [1.165, 1.54) is 0 Å². The molecule has 0 amide bonds. The van der Waals surface area contributed by atoms with Crippen LogP contribution in [0.1, 0.15) is 39.5 Å². The Morgan fingerprint density at radius 1 is 1.35 bits per heavy atom. The third kappa shape index (κ3) is 6.98. The minimum Gasteiger partial charge on any atom is -0.371 e. The van der Waals surface area contributed by atoms with E-state index in [2.05, 4.69) is 11.1 Å². The molecule has 1 fully saturated rings. The van der Waals surface area contributed by atoms with Crippen molar-refractivity contribution < 1.29 is 21.5 Å². The Bertz CT molecular complexity index is 297. The van der Waals surface area contributed by atoms with E-state index >= 15 is 0 Å². The van der Waals surface area contributed by atoms with Gasteiger partial charge in [0.15, 0.2) is 0 Å². The number of ether oxygens (including phenoxy) is 1. The van der Waals surface area contributed by atoms with Crippen molar-refractivity contribution in [1.29, 1.82) is 0 Å². The van der Waals surface area contributed by atoms with Gasteiger partial charge in [0, 0.05) is 0 Å². The molecular formula is C11H22O5S. The lowest BCUT2D eigenvalue weighted by Crippen LogP contribution is -2.18. The highest BCUT2D eigenvalue weighted by atomic mass is 32.3. The molecule has 2 unspecified atom stereocenters. The van der Waals surface area contributed by atoms with Crippen molar-refractivity contribution in [2.45, 2.75) is 45.6 Å². The molecule has 0 spiro atoms. The van der Waals surface area contributed by atoms with Gasteiger partial charge >= 0.3 is 10.4 Å². The average Bonchev–Trinajstić information content (AvgIpc) is 3.11. The number of unbranched alkanes of at least 4 members (excludes halogenated alkanes) is 1. The molecule has 0 N–H and O–H groups in total. The largest absolute Gasteiger partial charge is 0.399 e. The zero-order chi connectivity index (χ0) is 12.7. The van der Waals surface area contributed by atoms with Gasteiger partial charge < -0.3 is 4.74 Å². The van der Waals surface area contributed by atoms with E-state index in [9.17, 15) is 8.42 Å². The highest BCUT2D eigenvalue weighted by molar-refractivity contribution is 7.81. The maximum Gasteiger partial charge on any atom is 0.399 e. The molecule has 1 saturated heterocycles. The van der Waals surface area contributed by atoms with Crippen molar-refractivity contribution in [1.82, 2.24) is 0 Å². The van der Waals surface area contributed by atoms with E-state index in [4.69, 9.17) is 8.92 Å². The van der Waals surface area contributed by atoms with Crippen LogP contribution in [0.2, 0.25) is 0 Å². The van der Waals surface area contributed by atoms with Gasteiger partial charge in [-0.05, 0) is 12.3 Å². The van der Waals surface area contributed by atoms with Gasteiger partial charge in [-0.2, -0.15) is 8.42 Å². The molecule has 0 aromatic heterocycles. The second kappa shape index (κ2) is 7.31. The maximum absolute atomic E-state index is 11.4. The minimum absolute atomic E-state index is 0.0636. The summed E-state index contributed by atoms with van der Waals surface area (Å²) >= 11 is 0. The van der Waals surface area contributed by atoms with Crippen LogP contribution in [-0.4, -0.2) is 34.3 Å². The summed E-state index contributed by atoms with van der Waals surface area (Å²) in [6.45, 7) is 5.00. The summed E-state index contributed by atoms with van der Waals surface area (Å²) in [4.78, 5) is 0. The van der Waals surface area contributed by atoms with Crippen LogP contribution in [0.25, 0.3) is 0 Å². The Kier molecular flexibility index (Phi) is 6.40. The van der Waals surface area contributed by atoms with E-state index in [0.29, 0.717) is 6.61 Å². The van der Waals surface area contributed by atoms with Gasteiger partial charge in [-0.3, -0.25) is 0 Å². The summed E-state index contributed by atoms with van der Waals surface area (Å²) in [5.74, 6) is 0.283. The smallest absolute Gasteiger partial charge is 0.371 e. The molecular weight excluding hydrogens is 244 g/mol. The first-order valence-electron chi connectivity index (χ1n) is 6.22. The lowest BCUT2D eigenvalue weighted by Gasteiger charge is -2.13. The monoisotopic (exact) mass is 266 g/mol. The topological polar surface area (TPSA) is 65.1 Å². The lowest BCUT2D eigenvalue weighted by atomic mass is 10.0. The first-order chi connectivity index (χ1) is 8.07. The second-order valence-electron chi connectivity index (χ2n) is 4.35. The van der Waals surface area contributed by atoms with Crippen molar-refractivity contribution in [2.75, 3.05) is 19.8 Å². The van der Waals surface area contributed by atoms with E-state index in [0.717, 1.165) is 25.7 Å². The first kappa shape index (κ1) is 14.9. The standard InChI is InChI=1S/C11H22O5S/c1-3-5-6-10(4-2)7-15-17(12,13)16-9-11-8-14-11/h10-11H,3-9H2,1-2H3. The van der Waals surface area contributed by atoms with Crippen molar-refractivity contribution in [3.63, 3.8) is 0 Å². The zero-order valence-electron chi connectivity index (χ0n) is 10.6. The van der Waals surface area contributed by atoms with Gasteiger partial charge in [-0.25, -0.2) is 8.37 Å². The Balaban J connectivity index is 2.20. The van der Waals surface area contributed by atoms with Crippen LogP contribution >= 0.6 is 0 Å². The molecule has 0 radical (unpaired) electrons. The van der Waals surface area contributed by atoms with Crippen molar-refractivity contribution >= 4 is 10.4 Å². The summed E-state index contributed by atoms with van der Waals surface area (Å²) in [6, 6.07) is 0. The Morgan fingerprint density at radius 2 is 2.06 bits per heavy atom. The molecule has 0 bridgehead atoms. The fraction of sp³-hybridized carbons (Fsp3) is 1.00. The molecule has 1 aliphatic rings. The quantitative estimate of drug-likeness (QED) is 0.565. The van der Waals surface area contributed by atoms with Gasteiger partial charge in [0.1, 0.15) is 6.10 Å². The van der Waals surface area contributed by atoms with Gasteiger partial charge in [0.2, 0.25) is 0 Å². The average molecular weight is 266 g/mol. The van der Waals surface area contributed by atoms with E-state index in [-0.39, 0.29) is 25.2 Å². The number of hydrogen-bond acceptors (Lipinski definition) is 5. The molecule has 1 heterocycles. The van der Waals surface area contributed by atoms with Crippen LogP contribution in [0.4, 0.5) is 0 Å². The Morgan fingerprint density at radius 3 is 2.59 bits per heavy atom. The highest BCUT2D eigenvalue weighted by Gasteiger charge is 2.26. The van der Waals surface area contributed by atoms with E-state index in [1.807, 2.05) is 6.92 Å². The first-order valence-corrected chi connectivity index (χ1v) is 7.56. The van der Waals surface area contributed by atoms with Crippen molar-refractivity contribution in [2.24, 2.45) is 5.92 Å². The fourth-order valence-corrected chi connectivity index (χ4v) is 2.18. The van der Waals surface area contributed by atoms with Crippen LogP contribution in [0, 0.1) is 5.92 Å². The van der Waals surface area contributed by atoms with Crippen molar-refractivity contribution in [3.8, 4) is 0 Å². The third-order valence-corrected chi connectivity index (χ3v) is 3.64. The lowest BCUT2D eigenvalue weighted by molar-refractivity contribution is 0.172. The van der Waals surface area contributed by atoms with Crippen LogP contribution in [0.5, 0.6) is 0 Å². The molecule has 0 aliphatic carbocycles. The third-order valence-electron chi connectivity index (χ3n) is 2.79. The summed E-state index contributed by atoms with van der Waals surface area (Å²) in [5, 5.41) is 0. The van der Waals surface area contributed by atoms with Gasteiger partial charge in [0.05, 0.1) is 19.8 Å². The Hall–Kier alpha value is -0.170. The summed E-state index contributed by atoms with van der Waals surface area (Å²) < 4.78 is 37.1. The molecule has 17 heavy (non-hydrogen) atoms. The predicted molar refractivity (Wildman–Crippen MR) is 63.9 cm³/mol. The van der Waals surface area contributed by atoms with Crippen LogP contribution in [0.15, 0.2) is 0 Å². The predicted octanol–water partition coefficient (Wildman–Crippen LogP) is 1.88. The molecule has 0 aromatic rings.